The maximum Gasteiger partial charge on any atom is 0.324 e. The van der Waals surface area contributed by atoms with Gasteiger partial charge in [0.25, 0.3) is 11.8 Å². The van der Waals surface area contributed by atoms with E-state index in [1.165, 1.54) is 5.01 Å². The molecule has 6 heterocycles. The van der Waals surface area contributed by atoms with Crippen LogP contribution in [-0.4, -0.2) is 159 Å². The van der Waals surface area contributed by atoms with Crippen LogP contribution in [0.4, 0.5) is 0 Å². The van der Waals surface area contributed by atoms with Gasteiger partial charge in [-0.05, 0) is 119 Å². The highest BCUT2D eigenvalue weighted by Crippen LogP contribution is 2.41. The van der Waals surface area contributed by atoms with E-state index in [0.717, 1.165) is 95.3 Å². The fourth-order valence-corrected chi connectivity index (χ4v) is 12.5. The number of allylic oxidation sites excluding steroid dienone is 2. The third kappa shape index (κ3) is 12.0. The Morgan fingerprint density at radius 2 is 1.75 bits per heavy atom. The molecular formula is C60H78B2N8O7. The lowest BCUT2D eigenvalue weighted by Crippen LogP contribution is -2.62. The molecule has 1 aliphatic carbocycles. The van der Waals surface area contributed by atoms with E-state index in [2.05, 4.69) is 88.5 Å². The number of carbonyl (C=O) groups is 5. The highest BCUT2D eigenvalue weighted by Gasteiger charge is 2.43. The lowest BCUT2D eigenvalue weighted by atomic mass is 9.66. The highest BCUT2D eigenvalue weighted by atomic mass is 16.5. The first kappa shape index (κ1) is 55.9. The van der Waals surface area contributed by atoms with Gasteiger partial charge in [0.05, 0.1) is 45.6 Å². The van der Waals surface area contributed by atoms with Crippen molar-refractivity contribution in [3.05, 3.63) is 76.6 Å². The van der Waals surface area contributed by atoms with Gasteiger partial charge in [-0.15, -0.1) is 0 Å². The standard InChI is InChI=1S/C60H78B2N8O7/c1-9-69-49-20-19-40-33-45(49)46(53(69)44-17-12-24-63-51(44)37(2)76-8)34-59(3,4)36-77-58(75)47-18-13-27-70(65-47)57(74)48(31-38-29-42(40)32-43(30-38)54(61)62)64-55(72)52(39-15-10-11-16-39)66(7)56(73)41-22-28-67(35-41)50(71)21-23-60(5,6)68-25-14-26-68/h12,17,19-20,29-30,32-33,37,39,41,47-48,52,54,63,65H,9-11,13-16,18,22,24-28,31,34-36H2,1-8H3,(H,64,72)/t37?,41-,47-,48?,52?/m0/s1. The smallest absolute Gasteiger partial charge is 0.324 e. The minimum absolute atomic E-state index is 0.0573. The monoisotopic (exact) mass is 1040 g/mol. The molecule has 3 saturated heterocycles. The number of aromatic nitrogens is 1. The Bertz CT molecular complexity index is 2890. The van der Waals surface area contributed by atoms with Crippen LogP contribution in [0.5, 0.6) is 0 Å². The molecule has 15 nitrogen and oxygen atoms in total. The van der Waals surface area contributed by atoms with E-state index in [4.69, 9.17) is 25.2 Å². The van der Waals surface area contributed by atoms with Crippen molar-refractivity contribution in [2.45, 2.75) is 148 Å². The van der Waals surface area contributed by atoms with Gasteiger partial charge in [0.1, 0.15) is 18.1 Å². The quantitative estimate of drug-likeness (QED) is 0.126. The van der Waals surface area contributed by atoms with Crippen molar-refractivity contribution in [1.82, 2.24) is 40.3 Å². The number of rotatable bonds is 11. The zero-order valence-corrected chi connectivity index (χ0v) is 46.6. The van der Waals surface area contributed by atoms with Crippen molar-refractivity contribution in [1.29, 1.82) is 0 Å². The number of likely N-dealkylation sites (N-methyl/N-ethyl adjacent to an activating group) is 1. The van der Waals surface area contributed by atoms with Gasteiger partial charge in [-0.1, -0.05) is 80.3 Å². The van der Waals surface area contributed by atoms with Gasteiger partial charge in [-0.25, -0.2) is 5.43 Å². The van der Waals surface area contributed by atoms with Crippen molar-refractivity contribution >= 4 is 61.8 Å². The lowest BCUT2D eigenvalue weighted by molar-refractivity contribution is -0.155. The molecule has 4 amide bonds. The Morgan fingerprint density at radius 3 is 2.45 bits per heavy atom. The summed E-state index contributed by atoms with van der Waals surface area (Å²) in [4.78, 5) is 77.9. The van der Waals surface area contributed by atoms with Crippen LogP contribution in [0.2, 0.25) is 0 Å². The van der Waals surface area contributed by atoms with Crippen LogP contribution in [0.25, 0.3) is 27.6 Å². The maximum atomic E-state index is 15.2. The predicted octanol–water partition coefficient (Wildman–Crippen LogP) is 5.57. The van der Waals surface area contributed by atoms with Gasteiger partial charge in [-0.3, -0.25) is 33.9 Å². The molecule has 4 fully saturated rings. The summed E-state index contributed by atoms with van der Waals surface area (Å²) in [7, 11) is 16.4. The number of dihydropyridines is 1. The van der Waals surface area contributed by atoms with Crippen molar-refractivity contribution in [2.75, 3.05) is 60.0 Å². The molecule has 6 aliphatic rings. The van der Waals surface area contributed by atoms with E-state index in [9.17, 15) is 14.4 Å². The van der Waals surface area contributed by atoms with E-state index in [0.29, 0.717) is 57.4 Å². The Hall–Kier alpha value is -5.82. The number of likely N-dealkylation sites (tertiary alicyclic amines) is 2. The first-order valence-electron chi connectivity index (χ1n) is 28.1. The molecule has 3 unspecified atom stereocenters. The normalized spacial score (nSPS) is 23.2. The molecule has 406 valence electrons. The van der Waals surface area contributed by atoms with E-state index in [1.54, 1.807) is 24.0 Å². The highest BCUT2D eigenvalue weighted by molar-refractivity contribution is 6.35. The molecule has 3 aromatic rings. The third-order valence-corrected chi connectivity index (χ3v) is 17.1. The summed E-state index contributed by atoms with van der Waals surface area (Å²) in [6.45, 7) is 16.8. The summed E-state index contributed by atoms with van der Waals surface area (Å²) in [6.07, 6.45) is 10.6. The minimum Gasteiger partial charge on any atom is -0.464 e. The fourth-order valence-electron chi connectivity index (χ4n) is 12.5. The molecule has 2 aromatic carbocycles. The number of amides is 4. The van der Waals surface area contributed by atoms with E-state index < -0.39 is 58.5 Å². The predicted molar refractivity (Wildman–Crippen MR) is 301 cm³/mol. The van der Waals surface area contributed by atoms with Crippen molar-refractivity contribution in [3.8, 4) is 23.0 Å². The second-order valence-electron chi connectivity index (χ2n) is 23.6. The number of esters is 1. The topological polar surface area (TPSA) is 158 Å². The number of ether oxygens (including phenoxy) is 2. The van der Waals surface area contributed by atoms with Gasteiger partial charge in [0, 0.05) is 94.0 Å². The Balaban J connectivity index is 1.08. The van der Waals surface area contributed by atoms with Crippen LogP contribution >= 0.6 is 0 Å². The number of hydrogen-bond donors (Lipinski definition) is 3. The zero-order valence-electron chi connectivity index (χ0n) is 46.6. The molecular weight excluding hydrogens is 966 g/mol. The molecule has 4 radical (unpaired) electrons. The molecule has 1 aromatic heterocycles. The third-order valence-electron chi connectivity index (χ3n) is 17.1. The molecule has 6 bridgehead atoms. The average Bonchev–Trinajstić information content (AvgIpc) is 4.26. The maximum absolute atomic E-state index is 15.2. The first-order chi connectivity index (χ1) is 36.8. The largest absolute Gasteiger partial charge is 0.464 e. The molecule has 1 saturated carbocycles. The van der Waals surface area contributed by atoms with Gasteiger partial charge in [-0.2, -0.15) is 0 Å². The van der Waals surface area contributed by atoms with E-state index in [1.807, 2.05) is 39.0 Å². The number of nitrogens with one attached hydrogen (secondary N) is 3. The summed E-state index contributed by atoms with van der Waals surface area (Å²) in [6, 6.07) is 9.57. The van der Waals surface area contributed by atoms with Crippen LogP contribution in [0, 0.1) is 29.1 Å². The number of hydrogen-bond acceptors (Lipinski definition) is 10. The van der Waals surface area contributed by atoms with Crippen LogP contribution < -0.4 is 16.1 Å². The van der Waals surface area contributed by atoms with Crippen LogP contribution in [0.1, 0.15) is 121 Å². The molecule has 5 aliphatic heterocycles. The van der Waals surface area contributed by atoms with Crippen LogP contribution in [0.3, 0.4) is 0 Å². The van der Waals surface area contributed by atoms with Crippen molar-refractivity contribution in [3.63, 3.8) is 0 Å². The Morgan fingerprint density at radius 1 is 0.987 bits per heavy atom. The van der Waals surface area contributed by atoms with Gasteiger partial charge in [0.15, 0.2) is 0 Å². The minimum atomic E-state index is -1.13. The number of hydrazine groups is 1. The van der Waals surface area contributed by atoms with E-state index in [-0.39, 0.29) is 43.4 Å². The average molecular weight is 1040 g/mol. The van der Waals surface area contributed by atoms with Crippen LogP contribution in [0.15, 0.2) is 54.2 Å². The number of aryl methyl sites for hydroxylation is 1. The molecule has 0 spiro atoms. The van der Waals surface area contributed by atoms with Gasteiger partial charge in [0.2, 0.25) is 11.8 Å². The summed E-state index contributed by atoms with van der Waals surface area (Å²) < 4.78 is 14.5. The Labute approximate surface area is 458 Å². The summed E-state index contributed by atoms with van der Waals surface area (Å²) in [5.74, 6) is 3.53. The summed E-state index contributed by atoms with van der Waals surface area (Å²) in [5.41, 5.74) is 9.81. The number of methoxy groups -OCH3 is 1. The van der Waals surface area contributed by atoms with Gasteiger partial charge < -0.3 is 34.5 Å². The zero-order chi connectivity index (χ0) is 54.9. The van der Waals surface area contributed by atoms with Crippen molar-refractivity contribution < 1.29 is 33.4 Å². The SMILES string of the molecule is [B]C([B])c1cc2cc(c1)-c1ccc3c(c1)c(c(C1=C(C(C)OC)NCC=C1)n3CC)CC(C)(C)COC(=O)[C@@H]1CCCN(N1)C(=O)C(NC(=O)C(C1CCCC1)N(C)C(=O)[C@H]1CCN(C(=O)C#CC(C)(C)N3CCC3)C1)C2. The number of carbonyl (C=O) groups excluding carboxylic acids is 5. The number of cyclic esters (lactones) is 1. The second kappa shape index (κ2) is 23.3. The van der Waals surface area contributed by atoms with Crippen LogP contribution in [-0.2, 0) is 52.8 Å². The molecule has 9 rings (SSSR count). The summed E-state index contributed by atoms with van der Waals surface area (Å²) in [5, 5.41) is 9.27. The van der Waals surface area contributed by atoms with Gasteiger partial charge >= 0.3 is 5.97 Å². The molecule has 5 atom stereocenters. The molecule has 3 N–H and O–H groups in total. The number of fused-ring (bicyclic) bond motifs is 6. The first-order valence-corrected chi connectivity index (χ1v) is 28.1. The lowest BCUT2D eigenvalue weighted by Gasteiger charge is -2.41. The summed E-state index contributed by atoms with van der Waals surface area (Å²) >= 11 is 0. The fraction of sp³-hybridized carbons (Fsp3) is 0.583. The molecule has 17 heteroatoms. The van der Waals surface area contributed by atoms with E-state index >= 15 is 9.59 Å². The number of benzene rings is 2. The molecule has 77 heavy (non-hydrogen) atoms. The Kier molecular flexibility index (Phi) is 16.9. The second-order valence-corrected chi connectivity index (χ2v) is 23.6. The number of nitrogens with zero attached hydrogens (tertiary/aromatic N) is 5. The van der Waals surface area contributed by atoms with Crippen molar-refractivity contribution in [2.24, 2.45) is 17.3 Å².